The minimum atomic E-state index is -0.825. The molecule has 2 N–H and O–H groups in total. The third-order valence-corrected chi connectivity index (χ3v) is 3.67. The normalized spacial score (nSPS) is 21.1. The van der Waals surface area contributed by atoms with Gasteiger partial charge in [0, 0.05) is 6.54 Å². The summed E-state index contributed by atoms with van der Waals surface area (Å²) in [5, 5.41) is 25.9. The molecule has 2 rings (SSSR count). The number of carbonyl (C=O) groups is 2. The average Bonchev–Trinajstić information content (AvgIpc) is 3.04. The topological polar surface area (TPSA) is 127 Å². The average molecular weight is 296 g/mol. The van der Waals surface area contributed by atoms with Crippen LogP contribution in [-0.2, 0) is 16.1 Å². The van der Waals surface area contributed by atoms with Crippen molar-refractivity contribution in [3.8, 4) is 0 Å². The zero-order valence-electron chi connectivity index (χ0n) is 11.3. The smallest absolute Gasteiger partial charge is 0.307 e. The van der Waals surface area contributed by atoms with E-state index in [-0.39, 0.29) is 24.1 Å². The maximum atomic E-state index is 11.7. The summed E-state index contributed by atoms with van der Waals surface area (Å²) in [5.74, 6) is -1.63. The molecule has 2 unspecified atom stereocenters. The van der Waals surface area contributed by atoms with E-state index in [0.29, 0.717) is 13.0 Å². The van der Waals surface area contributed by atoms with Crippen molar-refractivity contribution < 1.29 is 19.6 Å². The molecule has 0 radical (unpaired) electrons. The van der Waals surface area contributed by atoms with Crippen LogP contribution in [0.5, 0.6) is 0 Å². The molecule has 1 aliphatic rings. The number of nitro groups is 1. The number of aromatic nitrogens is 2. The number of hydrogen-bond acceptors (Lipinski definition) is 5. The van der Waals surface area contributed by atoms with Crippen LogP contribution < -0.4 is 5.32 Å². The van der Waals surface area contributed by atoms with Crippen LogP contribution in [0.25, 0.3) is 0 Å². The van der Waals surface area contributed by atoms with Gasteiger partial charge in [-0.05, 0) is 18.8 Å². The van der Waals surface area contributed by atoms with Crippen molar-refractivity contribution >= 4 is 17.6 Å². The summed E-state index contributed by atoms with van der Waals surface area (Å²) >= 11 is 0. The van der Waals surface area contributed by atoms with E-state index in [0.717, 1.165) is 19.0 Å². The van der Waals surface area contributed by atoms with Crippen molar-refractivity contribution in [2.45, 2.75) is 25.8 Å². The summed E-state index contributed by atoms with van der Waals surface area (Å²) in [4.78, 5) is 32.7. The maximum Gasteiger partial charge on any atom is 0.307 e. The van der Waals surface area contributed by atoms with E-state index in [1.807, 2.05) is 0 Å². The standard InChI is InChI=1S/C12H16N4O5/c17-11(7-15-6-9(5-14-15)16(20)21)13-4-8-2-1-3-10(8)12(18)19/h5-6,8,10H,1-4,7H2,(H,13,17)(H,18,19). The largest absolute Gasteiger partial charge is 0.481 e. The lowest BCUT2D eigenvalue weighted by molar-refractivity contribution is -0.385. The summed E-state index contributed by atoms with van der Waals surface area (Å²) < 4.78 is 1.18. The van der Waals surface area contributed by atoms with Crippen LogP contribution in [0.1, 0.15) is 19.3 Å². The van der Waals surface area contributed by atoms with E-state index in [2.05, 4.69) is 10.4 Å². The fourth-order valence-electron chi connectivity index (χ4n) is 2.59. The molecule has 9 heteroatoms. The van der Waals surface area contributed by atoms with E-state index >= 15 is 0 Å². The van der Waals surface area contributed by atoms with Gasteiger partial charge in [0.05, 0.1) is 10.8 Å². The van der Waals surface area contributed by atoms with Crippen molar-refractivity contribution in [3.63, 3.8) is 0 Å². The number of hydrogen-bond donors (Lipinski definition) is 2. The molecule has 1 aliphatic carbocycles. The Bertz CT molecular complexity index is 556. The maximum absolute atomic E-state index is 11.7. The lowest BCUT2D eigenvalue weighted by Gasteiger charge is -2.16. The second-order valence-corrected chi connectivity index (χ2v) is 5.09. The van der Waals surface area contributed by atoms with Gasteiger partial charge in [0.25, 0.3) is 0 Å². The molecule has 9 nitrogen and oxygen atoms in total. The molecular formula is C12H16N4O5. The molecule has 1 fully saturated rings. The zero-order chi connectivity index (χ0) is 15.4. The highest BCUT2D eigenvalue weighted by Crippen LogP contribution is 2.31. The first-order chi connectivity index (χ1) is 9.97. The van der Waals surface area contributed by atoms with Gasteiger partial charge < -0.3 is 10.4 Å². The van der Waals surface area contributed by atoms with Crippen LogP contribution in [0, 0.1) is 22.0 Å². The number of carbonyl (C=O) groups excluding carboxylic acids is 1. The molecule has 0 bridgehead atoms. The molecule has 0 spiro atoms. The molecule has 0 aromatic carbocycles. The molecule has 1 heterocycles. The van der Waals surface area contributed by atoms with Crippen LogP contribution in [0.3, 0.4) is 0 Å². The van der Waals surface area contributed by atoms with Gasteiger partial charge in [-0.15, -0.1) is 0 Å². The zero-order valence-corrected chi connectivity index (χ0v) is 11.3. The van der Waals surface area contributed by atoms with E-state index in [9.17, 15) is 19.7 Å². The highest BCUT2D eigenvalue weighted by molar-refractivity contribution is 5.76. The molecule has 114 valence electrons. The van der Waals surface area contributed by atoms with E-state index in [1.54, 1.807) is 0 Å². The molecule has 21 heavy (non-hydrogen) atoms. The first-order valence-electron chi connectivity index (χ1n) is 6.63. The highest BCUT2D eigenvalue weighted by Gasteiger charge is 2.32. The number of carboxylic acids is 1. The minimum Gasteiger partial charge on any atom is -0.481 e. The third-order valence-electron chi connectivity index (χ3n) is 3.67. The van der Waals surface area contributed by atoms with Gasteiger partial charge in [-0.3, -0.25) is 24.4 Å². The highest BCUT2D eigenvalue weighted by atomic mass is 16.6. The van der Waals surface area contributed by atoms with Gasteiger partial charge in [-0.1, -0.05) is 6.42 Å². The molecular weight excluding hydrogens is 280 g/mol. The van der Waals surface area contributed by atoms with Gasteiger partial charge in [-0.2, -0.15) is 5.10 Å². The van der Waals surface area contributed by atoms with Crippen molar-refractivity contribution in [2.24, 2.45) is 11.8 Å². The fourth-order valence-corrected chi connectivity index (χ4v) is 2.59. The van der Waals surface area contributed by atoms with Gasteiger partial charge >= 0.3 is 11.7 Å². The molecule has 1 aromatic heterocycles. The molecule has 1 amide bonds. The monoisotopic (exact) mass is 296 g/mol. The number of nitrogens with one attached hydrogen (secondary N) is 1. The fraction of sp³-hybridized carbons (Fsp3) is 0.583. The SMILES string of the molecule is O=C(Cn1cc([N+](=O)[O-])cn1)NCC1CCCC1C(=O)O. The first kappa shape index (κ1) is 14.9. The molecule has 0 saturated heterocycles. The number of amides is 1. The Morgan fingerprint density at radius 1 is 1.52 bits per heavy atom. The number of carboxylic acid groups (broad SMARTS) is 1. The number of rotatable bonds is 6. The minimum absolute atomic E-state index is 0.0570. The number of aliphatic carboxylic acids is 1. The summed E-state index contributed by atoms with van der Waals surface area (Å²) in [7, 11) is 0. The Kier molecular flexibility index (Phi) is 4.51. The Morgan fingerprint density at radius 2 is 2.29 bits per heavy atom. The summed E-state index contributed by atoms with van der Waals surface area (Å²) in [5.41, 5.74) is -0.176. The van der Waals surface area contributed by atoms with Crippen molar-refractivity contribution in [3.05, 3.63) is 22.5 Å². The van der Waals surface area contributed by atoms with E-state index in [1.165, 1.54) is 10.9 Å². The molecule has 2 atom stereocenters. The Labute approximate surface area is 120 Å². The summed E-state index contributed by atoms with van der Waals surface area (Å²) in [6, 6.07) is 0. The number of nitrogens with zero attached hydrogens (tertiary/aromatic N) is 3. The second-order valence-electron chi connectivity index (χ2n) is 5.09. The predicted octanol–water partition coefficient (Wildman–Crippen LogP) is 0.408. The first-order valence-corrected chi connectivity index (χ1v) is 6.63. The Hall–Kier alpha value is -2.45. The molecule has 0 aliphatic heterocycles. The Balaban J connectivity index is 1.81. The third kappa shape index (κ3) is 3.77. The van der Waals surface area contributed by atoms with Crippen LogP contribution >= 0.6 is 0 Å². The van der Waals surface area contributed by atoms with Crippen LogP contribution in [0.15, 0.2) is 12.4 Å². The van der Waals surface area contributed by atoms with E-state index in [4.69, 9.17) is 5.11 Å². The molecule has 1 aromatic rings. The molecule has 1 saturated carbocycles. The van der Waals surface area contributed by atoms with Crippen LogP contribution in [-0.4, -0.2) is 38.2 Å². The van der Waals surface area contributed by atoms with Gasteiger partial charge in [0.15, 0.2) is 0 Å². The van der Waals surface area contributed by atoms with Crippen molar-refractivity contribution in [1.82, 2.24) is 15.1 Å². The summed E-state index contributed by atoms with van der Waals surface area (Å²) in [6.45, 7) is 0.178. The predicted molar refractivity (Wildman–Crippen MR) is 70.4 cm³/mol. The van der Waals surface area contributed by atoms with Gasteiger partial charge in [0.1, 0.15) is 18.9 Å². The second kappa shape index (κ2) is 6.33. The van der Waals surface area contributed by atoms with Crippen molar-refractivity contribution in [2.75, 3.05) is 6.54 Å². The van der Waals surface area contributed by atoms with E-state index < -0.39 is 16.8 Å². The van der Waals surface area contributed by atoms with Gasteiger partial charge in [-0.25, -0.2) is 0 Å². The summed E-state index contributed by atoms with van der Waals surface area (Å²) in [6.07, 6.45) is 4.52. The Morgan fingerprint density at radius 3 is 2.90 bits per heavy atom. The van der Waals surface area contributed by atoms with Crippen LogP contribution in [0.2, 0.25) is 0 Å². The van der Waals surface area contributed by atoms with Crippen molar-refractivity contribution in [1.29, 1.82) is 0 Å². The quantitative estimate of drug-likeness (QED) is 0.578. The lowest BCUT2D eigenvalue weighted by atomic mass is 9.96. The lowest BCUT2D eigenvalue weighted by Crippen LogP contribution is -2.35. The van der Waals surface area contributed by atoms with Gasteiger partial charge in [0.2, 0.25) is 5.91 Å². The van der Waals surface area contributed by atoms with Crippen LogP contribution in [0.4, 0.5) is 5.69 Å².